The SMILES string of the molecule is CC.O=C(Cc1ccc2c(c1)OCCCO2)Nc1n[nH]c2cc(F)ccc12. The highest BCUT2D eigenvalue weighted by Crippen LogP contribution is 2.30. The molecule has 3 aromatic rings. The number of aromatic nitrogens is 2. The average molecular weight is 371 g/mol. The number of carbonyl (C=O) groups is 1. The van der Waals surface area contributed by atoms with Crippen LogP contribution >= 0.6 is 0 Å². The van der Waals surface area contributed by atoms with Gasteiger partial charge in [-0.05, 0) is 35.9 Å². The third kappa shape index (κ3) is 4.36. The van der Waals surface area contributed by atoms with Gasteiger partial charge in [0.1, 0.15) is 5.82 Å². The van der Waals surface area contributed by atoms with Gasteiger partial charge >= 0.3 is 0 Å². The maximum atomic E-state index is 13.2. The van der Waals surface area contributed by atoms with Crippen molar-refractivity contribution < 1.29 is 18.7 Å². The number of benzene rings is 2. The van der Waals surface area contributed by atoms with Crippen molar-refractivity contribution in [1.82, 2.24) is 10.2 Å². The zero-order valence-corrected chi connectivity index (χ0v) is 15.3. The highest BCUT2D eigenvalue weighted by molar-refractivity contribution is 6.00. The largest absolute Gasteiger partial charge is 0.490 e. The molecule has 1 aliphatic heterocycles. The Morgan fingerprint density at radius 2 is 1.93 bits per heavy atom. The molecule has 2 aromatic carbocycles. The maximum Gasteiger partial charge on any atom is 0.230 e. The van der Waals surface area contributed by atoms with Gasteiger partial charge in [-0.3, -0.25) is 9.89 Å². The van der Waals surface area contributed by atoms with Crippen molar-refractivity contribution >= 4 is 22.6 Å². The second-order valence-electron chi connectivity index (χ2n) is 5.82. The van der Waals surface area contributed by atoms with Crippen LogP contribution in [0.5, 0.6) is 11.5 Å². The van der Waals surface area contributed by atoms with E-state index in [0.29, 0.717) is 41.4 Å². The summed E-state index contributed by atoms with van der Waals surface area (Å²) in [5, 5.41) is 10.1. The molecule has 0 radical (unpaired) electrons. The predicted molar refractivity (Wildman–Crippen MR) is 102 cm³/mol. The van der Waals surface area contributed by atoms with Crippen LogP contribution < -0.4 is 14.8 Å². The minimum atomic E-state index is -0.360. The van der Waals surface area contributed by atoms with Gasteiger partial charge in [-0.25, -0.2) is 4.39 Å². The Bertz CT molecular complexity index is 939. The Morgan fingerprint density at radius 1 is 1.15 bits per heavy atom. The highest BCUT2D eigenvalue weighted by atomic mass is 19.1. The summed E-state index contributed by atoms with van der Waals surface area (Å²) in [6.45, 7) is 5.22. The summed E-state index contributed by atoms with van der Waals surface area (Å²) in [7, 11) is 0. The van der Waals surface area contributed by atoms with Crippen molar-refractivity contribution in [2.24, 2.45) is 0 Å². The molecular formula is C20H22FN3O3. The van der Waals surface area contributed by atoms with Gasteiger partial charge in [0.15, 0.2) is 17.3 Å². The van der Waals surface area contributed by atoms with Gasteiger partial charge in [0.25, 0.3) is 0 Å². The normalized spacial score (nSPS) is 12.7. The third-order valence-electron chi connectivity index (χ3n) is 3.96. The predicted octanol–water partition coefficient (Wildman–Crippen LogP) is 4.07. The van der Waals surface area contributed by atoms with E-state index in [0.717, 1.165) is 12.0 Å². The van der Waals surface area contributed by atoms with E-state index >= 15 is 0 Å². The first-order valence-electron chi connectivity index (χ1n) is 9.01. The minimum absolute atomic E-state index is 0.173. The summed E-state index contributed by atoms with van der Waals surface area (Å²) in [6, 6.07) is 9.72. The smallest absolute Gasteiger partial charge is 0.230 e. The lowest BCUT2D eigenvalue weighted by molar-refractivity contribution is -0.115. The molecule has 0 aliphatic carbocycles. The van der Waals surface area contributed by atoms with Gasteiger partial charge < -0.3 is 14.8 Å². The molecule has 0 spiro atoms. The van der Waals surface area contributed by atoms with Gasteiger partial charge in [0.05, 0.1) is 25.2 Å². The lowest BCUT2D eigenvalue weighted by Crippen LogP contribution is -2.15. The molecule has 27 heavy (non-hydrogen) atoms. The quantitative estimate of drug-likeness (QED) is 0.728. The lowest BCUT2D eigenvalue weighted by atomic mass is 10.1. The van der Waals surface area contributed by atoms with E-state index in [1.807, 2.05) is 32.0 Å². The van der Waals surface area contributed by atoms with E-state index in [9.17, 15) is 9.18 Å². The van der Waals surface area contributed by atoms with Crippen molar-refractivity contribution in [2.75, 3.05) is 18.5 Å². The van der Waals surface area contributed by atoms with E-state index in [1.54, 1.807) is 6.07 Å². The van der Waals surface area contributed by atoms with Crippen LogP contribution in [0.1, 0.15) is 25.8 Å². The number of fused-ring (bicyclic) bond motifs is 2. The van der Waals surface area contributed by atoms with Crippen LogP contribution in [-0.4, -0.2) is 29.3 Å². The van der Waals surface area contributed by atoms with Crippen LogP contribution in [0.3, 0.4) is 0 Å². The van der Waals surface area contributed by atoms with E-state index in [-0.39, 0.29) is 18.1 Å². The zero-order valence-electron chi connectivity index (χ0n) is 15.3. The first-order valence-corrected chi connectivity index (χ1v) is 9.01. The fraction of sp³-hybridized carbons (Fsp3) is 0.300. The van der Waals surface area contributed by atoms with Gasteiger partial charge in [-0.1, -0.05) is 19.9 Å². The monoisotopic (exact) mass is 371 g/mol. The highest BCUT2D eigenvalue weighted by Gasteiger charge is 2.14. The van der Waals surface area contributed by atoms with E-state index in [2.05, 4.69) is 15.5 Å². The fourth-order valence-electron chi connectivity index (χ4n) is 2.77. The number of ether oxygens (including phenoxy) is 2. The van der Waals surface area contributed by atoms with Crippen LogP contribution in [0.15, 0.2) is 36.4 Å². The summed E-state index contributed by atoms with van der Waals surface area (Å²) < 4.78 is 24.4. The van der Waals surface area contributed by atoms with Crippen LogP contribution in [0.4, 0.5) is 10.2 Å². The van der Waals surface area contributed by atoms with Crippen molar-refractivity contribution in [1.29, 1.82) is 0 Å². The summed E-state index contributed by atoms with van der Waals surface area (Å²) in [6.07, 6.45) is 1.00. The first kappa shape index (κ1) is 18.7. The zero-order chi connectivity index (χ0) is 19.2. The summed E-state index contributed by atoms with van der Waals surface area (Å²) in [5.74, 6) is 1.16. The van der Waals surface area contributed by atoms with E-state index < -0.39 is 0 Å². The third-order valence-corrected chi connectivity index (χ3v) is 3.96. The lowest BCUT2D eigenvalue weighted by Gasteiger charge is -2.09. The molecule has 1 aliphatic rings. The van der Waals surface area contributed by atoms with Crippen LogP contribution in [0.2, 0.25) is 0 Å². The summed E-state index contributed by atoms with van der Waals surface area (Å²) in [5.41, 5.74) is 1.35. The number of rotatable bonds is 3. The molecule has 0 unspecified atom stereocenters. The number of H-pyrrole nitrogens is 1. The molecule has 2 heterocycles. The molecule has 2 N–H and O–H groups in total. The number of amides is 1. The Kier molecular flexibility index (Phi) is 5.90. The molecule has 142 valence electrons. The van der Waals surface area contributed by atoms with Crippen molar-refractivity contribution in [3.63, 3.8) is 0 Å². The van der Waals surface area contributed by atoms with Crippen molar-refractivity contribution in [3.05, 3.63) is 47.8 Å². The molecule has 0 saturated carbocycles. The number of aromatic amines is 1. The Balaban J connectivity index is 0.00000102. The number of nitrogens with one attached hydrogen (secondary N) is 2. The maximum absolute atomic E-state index is 13.2. The molecule has 0 fully saturated rings. The Hall–Kier alpha value is -3.09. The van der Waals surface area contributed by atoms with Crippen LogP contribution in [0, 0.1) is 5.82 Å². The minimum Gasteiger partial charge on any atom is -0.490 e. The number of nitrogens with zero attached hydrogens (tertiary/aromatic N) is 1. The van der Waals surface area contributed by atoms with Crippen LogP contribution in [-0.2, 0) is 11.2 Å². The topological polar surface area (TPSA) is 76.2 Å². The first-order chi connectivity index (χ1) is 13.2. The average Bonchev–Trinajstić information content (AvgIpc) is 2.90. The van der Waals surface area contributed by atoms with Gasteiger partial charge in [-0.2, -0.15) is 5.10 Å². The standard InChI is InChI=1S/C18H16FN3O3.C2H6/c19-12-3-4-13-14(10-12)21-22-18(13)20-17(23)9-11-2-5-15-16(8-11)25-7-1-6-24-15;1-2/h2-5,8,10H,1,6-7,9H2,(H2,20,21,22,23);1-2H3. The van der Waals surface area contributed by atoms with Crippen LogP contribution in [0.25, 0.3) is 10.9 Å². The molecule has 4 rings (SSSR count). The molecular weight excluding hydrogens is 349 g/mol. The molecule has 0 saturated heterocycles. The Labute approximate surface area is 156 Å². The molecule has 1 amide bonds. The van der Waals surface area contributed by atoms with Crippen molar-refractivity contribution in [2.45, 2.75) is 26.7 Å². The Morgan fingerprint density at radius 3 is 2.74 bits per heavy atom. The molecule has 0 atom stereocenters. The fourth-order valence-corrected chi connectivity index (χ4v) is 2.77. The second-order valence-corrected chi connectivity index (χ2v) is 5.82. The number of hydrogen-bond acceptors (Lipinski definition) is 4. The number of carbonyl (C=O) groups excluding carboxylic acids is 1. The second kappa shape index (κ2) is 8.53. The number of anilines is 1. The molecule has 1 aromatic heterocycles. The van der Waals surface area contributed by atoms with E-state index in [1.165, 1.54) is 12.1 Å². The van der Waals surface area contributed by atoms with Gasteiger partial charge in [0.2, 0.25) is 5.91 Å². The van der Waals surface area contributed by atoms with Crippen molar-refractivity contribution in [3.8, 4) is 11.5 Å². The summed E-state index contributed by atoms with van der Waals surface area (Å²) >= 11 is 0. The van der Waals surface area contributed by atoms with Gasteiger partial charge in [0, 0.05) is 11.8 Å². The molecule has 6 nitrogen and oxygen atoms in total. The molecule has 7 heteroatoms. The van der Waals surface area contributed by atoms with Gasteiger partial charge in [-0.15, -0.1) is 0 Å². The number of halogens is 1. The number of hydrogen-bond donors (Lipinski definition) is 2. The van der Waals surface area contributed by atoms with E-state index in [4.69, 9.17) is 9.47 Å². The summed E-state index contributed by atoms with van der Waals surface area (Å²) in [4.78, 5) is 12.3. The molecule has 0 bridgehead atoms.